The van der Waals surface area contributed by atoms with Gasteiger partial charge in [0.25, 0.3) is 11.2 Å². The molecule has 2 atom stereocenters. The number of hydrogen-bond donors (Lipinski definition) is 0. The lowest BCUT2D eigenvalue weighted by molar-refractivity contribution is -0.384. The lowest BCUT2D eigenvalue weighted by atomic mass is 9.85. The predicted molar refractivity (Wildman–Crippen MR) is 99.2 cm³/mol. The van der Waals surface area contributed by atoms with Crippen LogP contribution in [0.5, 0.6) is 0 Å². The van der Waals surface area contributed by atoms with Crippen LogP contribution in [0, 0.1) is 16.0 Å². The first-order chi connectivity index (χ1) is 12.6. The Balaban J connectivity index is 1.67. The van der Waals surface area contributed by atoms with E-state index >= 15 is 0 Å². The van der Waals surface area contributed by atoms with Crippen molar-refractivity contribution in [2.45, 2.75) is 38.1 Å². The van der Waals surface area contributed by atoms with Gasteiger partial charge < -0.3 is 4.90 Å². The fourth-order valence-electron chi connectivity index (χ4n) is 4.23. The van der Waals surface area contributed by atoms with Gasteiger partial charge in [0, 0.05) is 24.7 Å². The summed E-state index contributed by atoms with van der Waals surface area (Å²) in [5.41, 5.74) is 0.706. The first-order valence-electron chi connectivity index (χ1n) is 8.85. The lowest BCUT2D eigenvalue weighted by Crippen LogP contribution is -2.36. The zero-order valence-corrected chi connectivity index (χ0v) is 14.9. The van der Waals surface area contributed by atoms with Crippen LogP contribution in [-0.2, 0) is 0 Å². The highest BCUT2D eigenvalue weighted by Gasteiger charge is 2.37. The Morgan fingerprint density at radius 1 is 1.15 bits per heavy atom. The molecule has 0 radical (unpaired) electrons. The van der Waals surface area contributed by atoms with Crippen molar-refractivity contribution in [1.82, 2.24) is 9.78 Å². The second-order valence-electron chi connectivity index (χ2n) is 6.93. The van der Waals surface area contributed by atoms with Gasteiger partial charge in [-0.3, -0.25) is 14.9 Å². The van der Waals surface area contributed by atoms with Crippen LogP contribution in [-0.4, -0.2) is 27.3 Å². The van der Waals surface area contributed by atoms with Gasteiger partial charge >= 0.3 is 0 Å². The molecule has 7 nitrogen and oxygen atoms in total. The van der Waals surface area contributed by atoms with Crippen molar-refractivity contribution in [3.63, 3.8) is 0 Å². The number of hydrogen-bond acceptors (Lipinski definition) is 5. The minimum Gasteiger partial charge on any atom is -0.366 e. The van der Waals surface area contributed by atoms with E-state index in [-0.39, 0.29) is 10.7 Å². The van der Waals surface area contributed by atoms with Crippen molar-refractivity contribution in [3.8, 4) is 5.69 Å². The molecule has 2 fully saturated rings. The Hall–Kier alpha value is -2.41. The minimum absolute atomic E-state index is 0.0371. The van der Waals surface area contributed by atoms with Crippen molar-refractivity contribution in [1.29, 1.82) is 0 Å². The number of fused-ring (bicyclic) bond motifs is 1. The quantitative estimate of drug-likeness (QED) is 0.606. The van der Waals surface area contributed by atoms with E-state index in [1.165, 1.54) is 48.2 Å². The van der Waals surface area contributed by atoms with E-state index in [2.05, 4.69) is 10.00 Å². The van der Waals surface area contributed by atoms with Crippen molar-refractivity contribution < 1.29 is 4.92 Å². The van der Waals surface area contributed by atoms with E-state index in [1.807, 2.05) is 0 Å². The fourth-order valence-corrected chi connectivity index (χ4v) is 4.47. The number of non-ortho nitro benzene ring substituents is 1. The van der Waals surface area contributed by atoms with Gasteiger partial charge in [-0.15, -0.1) is 0 Å². The van der Waals surface area contributed by atoms with Crippen molar-refractivity contribution in [2.75, 3.05) is 11.4 Å². The monoisotopic (exact) mass is 374 g/mol. The molecular formula is C18H19ClN4O3. The molecule has 2 heterocycles. The molecule has 2 aromatic rings. The summed E-state index contributed by atoms with van der Waals surface area (Å²) in [6, 6.07) is 6.12. The van der Waals surface area contributed by atoms with Gasteiger partial charge in [-0.25, -0.2) is 0 Å². The molecule has 2 aliphatic rings. The topological polar surface area (TPSA) is 81.3 Å². The number of nitrogens with zero attached hydrogens (tertiary/aromatic N) is 4. The summed E-state index contributed by atoms with van der Waals surface area (Å²) in [6.07, 6.45) is 7.64. The normalized spacial score (nSPS) is 22.3. The molecule has 1 saturated carbocycles. The average Bonchev–Trinajstić information content (AvgIpc) is 3.08. The second kappa shape index (κ2) is 6.72. The zero-order chi connectivity index (χ0) is 18.3. The Morgan fingerprint density at radius 3 is 2.62 bits per heavy atom. The number of aromatic nitrogens is 2. The number of benzene rings is 1. The molecule has 0 amide bonds. The van der Waals surface area contributed by atoms with Crippen LogP contribution in [0.2, 0.25) is 5.02 Å². The Labute approximate surface area is 155 Å². The summed E-state index contributed by atoms with van der Waals surface area (Å²) >= 11 is 6.42. The van der Waals surface area contributed by atoms with Crippen molar-refractivity contribution in [3.05, 3.63) is 56.0 Å². The van der Waals surface area contributed by atoms with Gasteiger partial charge in [0.2, 0.25) is 0 Å². The third-order valence-electron chi connectivity index (χ3n) is 5.53. The van der Waals surface area contributed by atoms with E-state index in [0.717, 1.165) is 19.4 Å². The van der Waals surface area contributed by atoms with E-state index < -0.39 is 10.5 Å². The lowest BCUT2D eigenvalue weighted by Gasteiger charge is -2.33. The zero-order valence-electron chi connectivity index (χ0n) is 14.2. The molecule has 4 rings (SSSR count). The number of halogens is 1. The molecular weight excluding hydrogens is 356 g/mol. The molecule has 136 valence electrons. The third kappa shape index (κ3) is 2.86. The van der Waals surface area contributed by atoms with Crippen LogP contribution in [0.3, 0.4) is 0 Å². The van der Waals surface area contributed by atoms with E-state index in [4.69, 9.17) is 11.6 Å². The Morgan fingerprint density at radius 2 is 1.88 bits per heavy atom. The molecule has 0 spiro atoms. The summed E-state index contributed by atoms with van der Waals surface area (Å²) in [7, 11) is 0. The van der Waals surface area contributed by atoms with Gasteiger partial charge in [-0.05, 0) is 37.3 Å². The highest BCUT2D eigenvalue weighted by molar-refractivity contribution is 6.33. The maximum absolute atomic E-state index is 12.7. The van der Waals surface area contributed by atoms with Crippen molar-refractivity contribution >= 4 is 23.0 Å². The van der Waals surface area contributed by atoms with E-state index in [1.54, 1.807) is 6.20 Å². The van der Waals surface area contributed by atoms with Gasteiger partial charge in [0.05, 0.1) is 22.5 Å². The highest BCUT2D eigenvalue weighted by atomic mass is 35.5. The summed E-state index contributed by atoms with van der Waals surface area (Å²) in [5.74, 6) is 0.678. The largest absolute Gasteiger partial charge is 0.366 e. The first kappa shape index (κ1) is 17.0. The van der Waals surface area contributed by atoms with Crippen LogP contribution in [0.25, 0.3) is 5.69 Å². The number of nitro benzene ring substituents is 1. The molecule has 0 bridgehead atoms. The summed E-state index contributed by atoms with van der Waals surface area (Å²) < 4.78 is 1.18. The SMILES string of the molecule is O=c1c(Cl)c(N2CCC3CCCCC32)cnn1-c1ccc([N+](=O)[O-])cc1. The van der Waals surface area contributed by atoms with Crippen LogP contribution in [0.4, 0.5) is 11.4 Å². The van der Waals surface area contributed by atoms with Crippen LogP contribution >= 0.6 is 11.6 Å². The maximum Gasteiger partial charge on any atom is 0.292 e. The number of anilines is 1. The van der Waals surface area contributed by atoms with E-state index in [9.17, 15) is 14.9 Å². The molecule has 2 unspecified atom stereocenters. The minimum atomic E-state index is -0.482. The molecule has 26 heavy (non-hydrogen) atoms. The summed E-state index contributed by atoms with van der Waals surface area (Å²) in [5, 5.41) is 15.2. The van der Waals surface area contributed by atoms with Crippen LogP contribution < -0.4 is 10.5 Å². The molecule has 1 saturated heterocycles. The smallest absolute Gasteiger partial charge is 0.292 e. The molecule has 0 N–H and O–H groups in total. The molecule has 1 aliphatic heterocycles. The predicted octanol–water partition coefficient (Wildman–Crippen LogP) is 3.56. The van der Waals surface area contributed by atoms with Gasteiger partial charge in [-0.1, -0.05) is 24.4 Å². The van der Waals surface area contributed by atoms with Crippen LogP contribution in [0.15, 0.2) is 35.3 Å². The molecule has 1 aromatic heterocycles. The molecule has 8 heteroatoms. The second-order valence-corrected chi connectivity index (χ2v) is 7.31. The summed E-state index contributed by atoms with van der Waals surface area (Å²) in [4.78, 5) is 25.3. The number of nitro groups is 1. The fraction of sp³-hybridized carbons (Fsp3) is 0.444. The first-order valence-corrected chi connectivity index (χ1v) is 9.23. The third-order valence-corrected chi connectivity index (χ3v) is 5.88. The Kier molecular flexibility index (Phi) is 4.40. The van der Waals surface area contributed by atoms with Crippen molar-refractivity contribution in [2.24, 2.45) is 5.92 Å². The number of rotatable bonds is 3. The Bertz CT molecular complexity index is 896. The van der Waals surface area contributed by atoms with Crippen LogP contribution in [0.1, 0.15) is 32.1 Å². The van der Waals surface area contributed by atoms with Gasteiger partial charge in [-0.2, -0.15) is 9.78 Å². The van der Waals surface area contributed by atoms with E-state index in [0.29, 0.717) is 23.3 Å². The molecule has 1 aromatic carbocycles. The highest BCUT2D eigenvalue weighted by Crippen LogP contribution is 2.40. The average molecular weight is 375 g/mol. The van der Waals surface area contributed by atoms with Gasteiger partial charge in [0.15, 0.2) is 0 Å². The standard InChI is InChI=1S/C18H19ClN4O3/c19-17-16(21-10-9-12-3-1-2-4-15(12)21)11-20-22(18(17)24)13-5-7-14(8-6-13)23(25)26/h5-8,11-12,15H,1-4,9-10H2. The maximum atomic E-state index is 12.7. The molecule has 1 aliphatic carbocycles. The summed E-state index contributed by atoms with van der Waals surface area (Å²) in [6.45, 7) is 0.901. The van der Waals surface area contributed by atoms with Gasteiger partial charge in [0.1, 0.15) is 5.02 Å².